The zero-order chi connectivity index (χ0) is 13.6. The standard InChI is InChI=1S/C10H21N3O4S/c1-9(10(14)15)18(16,17)12-3-2-6-13-7-4-11-5-8-13/h9,11-12H,2-8H2,1H3,(H,14,15). The van der Waals surface area contributed by atoms with Crippen LogP contribution in [0, 0.1) is 0 Å². The normalized spacial score (nSPS) is 19.6. The van der Waals surface area contributed by atoms with Crippen molar-refractivity contribution in [2.75, 3.05) is 39.3 Å². The molecular weight excluding hydrogens is 258 g/mol. The molecule has 0 amide bonds. The van der Waals surface area contributed by atoms with Crippen molar-refractivity contribution in [1.29, 1.82) is 0 Å². The summed E-state index contributed by atoms with van der Waals surface area (Å²) < 4.78 is 25.3. The molecule has 0 spiro atoms. The predicted octanol–water partition coefficient (Wildman–Crippen LogP) is -1.33. The molecule has 3 N–H and O–H groups in total. The first-order valence-electron chi connectivity index (χ1n) is 6.08. The molecule has 8 heteroatoms. The number of piperazine rings is 1. The van der Waals surface area contributed by atoms with Gasteiger partial charge < -0.3 is 15.3 Å². The fraction of sp³-hybridized carbons (Fsp3) is 0.900. The Hall–Kier alpha value is -0.700. The molecule has 1 rings (SSSR count). The maximum Gasteiger partial charge on any atom is 0.323 e. The Morgan fingerprint density at radius 2 is 2.06 bits per heavy atom. The summed E-state index contributed by atoms with van der Waals surface area (Å²) in [4.78, 5) is 12.8. The molecule has 1 aliphatic heterocycles. The molecule has 18 heavy (non-hydrogen) atoms. The Bertz CT molecular complexity index is 365. The van der Waals surface area contributed by atoms with Gasteiger partial charge in [0.1, 0.15) is 0 Å². The summed E-state index contributed by atoms with van der Waals surface area (Å²) in [5.74, 6) is -1.33. The summed E-state index contributed by atoms with van der Waals surface area (Å²) in [6.07, 6.45) is 0.686. The number of carboxylic acids is 1. The van der Waals surface area contributed by atoms with Gasteiger partial charge in [0.15, 0.2) is 5.25 Å². The SMILES string of the molecule is CC(C(=O)O)S(=O)(=O)NCCCN1CCNCC1. The highest BCUT2D eigenvalue weighted by Gasteiger charge is 2.26. The van der Waals surface area contributed by atoms with Gasteiger partial charge in [-0.1, -0.05) is 0 Å². The number of aliphatic carboxylic acids is 1. The zero-order valence-electron chi connectivity index (χ0n) is 10.6. The summed E-state index contributed by atoms with van der Waals surface area (Å²) >= 11 is 0. The van der Waals surface area contributed by atoms with Crippen LogP contribution in [0.15, 0.2) is 0 Å². The lowest BCUT2D eigenvalue weighted by Gasteiger charge is -2.27. The average molecular weight is 279 g/mol. The van der Waals surface area contributed by atoms with Crippen molar-refractivity contribution in [1.82, 2.24) is 14.9 Å². The maximum absolute atomic E-state index is 11.5. The van der Waals surface area contributed by atoms with Crippen LogP contribution in [0.25, 0.3) is 0 Å². The molecule has 0 saturated carbocycles. The van der Waals surface area contributed by atoms with Crippen molar-refractivity contribution in [2.24, 2.45) is 0 Å². The molecule has 0 aromatic heterocycles. The lowest BCUT2D eigenvalue weighted by atomic mass is 10.3. The topological polar surface area (TPSA) is 98.7 Å². The Morgan fingerprint density at radius 1 is 1.44 bits per heavy atom. The van der Waals surface area contributed by atoms with Crippen LogP contribution < -0.4 is 10.0 Å². The second-order valence-corrected chi connectivity index (χ2v) is 6.45. The first-order valence-corrected chi connectivity index (χ1v) is 7.62. The molecule has 1 saturated heterocycles. The highest BCUT2D eigenvalue weighted by atomic mass is 32.2. The van der Waals surface area contributed by atoms with Crippen LogP contribution >= 0.6 is 0 Å². The molecule has 0 radical (unpaired) electrons. The second kappa shape index (κ2) is 7.03. The van der Waals surface area contributed by atoms with Crippen LogP contribution in [0.1, 0.15) is 13.3 Å². The van der Waals surface area contributed by atoms with Crippen LogP contribution in [0.5, 0.6) is 0 Å². The number of nitrogens with one attached hydrogen (secondary N) is 2. The van der Waals surface area contributed by atoms with Gasteiger partial charge in [-0.3, -0.25) is 4.79 Å². The number of carboxylic acid groups (broad SMARTS) is 1. The van der Waals surface area contributed by atoms with Crippen LogP contribution in [-0.4, -0.2) is 68.9 Å². The minimum atomic E-state index is -3.74. The van der Waals surface area contributed by atoms with E-state index >= 15 is 0 Å². The summed E-state index contributed by atoms with van der Waals surface area (Å²) in [6.45, 7) is 6.14. The quantitative estimate of drug-likeness (QED) is 0.500. The molecule has 0 aliphatic carbocycles. The third kappa shape index (κ3) is 4.89. The Labute approximate surface area is 108 Å². The van der Waals surface area contributed by atoms with Gasteiger partial charge in [0, 0.05) is 32.7 Å². The van der Waals surface area contributed by atoms with Gasteiger partial charge in [-0.15, -0.1) is 0 Å². The first kappa shape index (κ1) is 15.4. The molecule has 1 aliphatic rings. The van der Waals surface area contributed by atoms with E-state index in [2.05, 4.69) is 14.9 Å². The van der Waals surface area contributed by atoms with E-state index in [1.165, 1.54) is 6.92 Å². The van der Waals surface area contributed by atoms with Gasteiger partial charge in [0.05, 0.1) is 0 Å². The van der Waals surface area contributed by atoms with Gasteiger partial charge >= 0.3 is 5.97 Å². The van der Waals surface area contributed by atoms with E-state index < -0.39 is 21.2 Å². The molecule has 0 bridgehead atoms. The number of hydrogen-bond donors (Lipinski definition) is 3. The van der Waals surface area contributed by atoms with Crippen molar-refractivity contribution >= 4 is 16.0 Å². The first-order chi connectivity index (χ1) is 8.43. The van der Waals surface area contributed by atoms with Crippen LogP contribution in [0.2, 0.25) is 0 Å². The number of rotatable bonds is 7. The molecule has 1 fully saturated rings. The van der Waals surface area contributed by atoms with E-state index in [-0.39, 0.29) is 6.54 Å². The largest absolute Gasteiger partial charge is 0.480 e. The summed E-state index contributed by atoms with van der Waals surface area (Å²) in [6, 6.07) is 0. The van der Waals surface area contributed by atoms with Crippen molar-refractivity contribution in [2.45, 2.75) is 18.6 Å². The fourth-order valence-corrected chi connectivity index (χ4v) is 2.65. The van der Waals surface area contributed by atoms with E-state index in [4.69, 9.17) is 5.11 Å². The molecule has 0 aromatic rings. The third-order valence-corrected chi connectivity index (χ3v) is 4.72. The lowest BCUT2D eigenvalue weighted by Crippen LogP contribution is -2.44. The van der Waals surface area contributed by atoms with Crippen LogP contribution in [0.4, 0.5) is 0 Å². The minimum absolute atomic E-state index is 0.282. The molecular formula is C10H21N3O4S. The summed E-state index contributed by atoms with van der Waals surface area (Å²) in [5.41, 5.74) is 0. The molecule has 1 unspecified atom stereocenters. The molecule has 106 valence electrons. The number of carbonyl (C=O) groups is 1. The van der Waals surface area contributed by atoms with Crippen molar-refractivity contribution < 1.29 is 18.3 Å². The van der Waals surface area contributed by atoms with Gasteiger partial charge in [-0.05, 0) is 19.9 Å². The maximum atomic E-state index is 11.5. The van der Waals surface area contributed by atoms with E-state index in [0.717, 1.165) is 32.7 Å². The number of nitrogens with zero attached hydrogens (tertiary/aromatic N) is 1. The molecule has 1 atom stereocenters. The average Bonchev–Trinajstić information content (AvgIpc) is 2.35. The Kier molecular flexibility index (Phi) is 6.00. The highest BCUT2D eigenvalue weighted by Crippen LogP contribution is 1.99. The third-order valence-electron chi connectivity index (χ3n) is 2.98. The summed E-state index contributed by atoms with van der Waals surface area (Å²) in [7, 11) is -3.74. The van der Waals surface area contributed by atoms with Gasteiger partial charge in [-0.25, -0.2) is 13.1 Å². The highest BCUT2D eigenvalue weighted by molar-refractivity contribution is 7.90. The lowest BCUT2D eigenvalue weighted by molar-refractivity contribution is -0.136. The van der Waals surface area contributed by atoms with Crippen molar-refractivity contribution in [3.8, 4) is 0 Å². The van der Waals surface area contributed by atoms with E-state index in [0.29, 0.717) is 6.42 Å². The van der Waals surface area contributed by atoms with E-state index in [1.54, 1.807) is 0 Å². The monoisotopic (exact) mass is 279 g/mol. The van der Waals surface area contributed by atoms with E-state index in [9.17, 15) is 13.2 Å². The predicted molar refractivity (Wildman–Crippen MR) is 67.9 cm³/mol. The summed E-state index contributed by atoms with van der Waals surface area (Å²) in [5, 5.41) is 10.5. The second-order valence-electron chi connectivity index (χ2n) is 4.37. The molecule has 0 aromatic carbocycles. The van der Waals surface area contributed by atoms with Crippen molar-refractivity contribution in [3.63, 3.8) is 0 Å². The number of sulfonamides is 1. The van der Waals surface area contributed by atoms with Crippen LogP contribution in [0.3, 0.4) is 0 Å². The van der Waals surface area contributed by atoms with Gasteiger partial charge in [0.2, 0.25) is 10.0 Å². The van der Waals surface area contributed by atoms with Crippen LogP contribution in [-0.2, 0) is 14.8 Å². The molecule has 1 heterocycles. The minimum Gasteiger partial charge on any atom is -0.480 e. The number of hydrogen-bond acceptors (Lipinski definition) is 5. The molecule has 7 nitrogen and oxygen atoms in total. The van der Waals surface area contributed by atoms with E-state index in [1.807, 2.05) is 0 Å². The Morgan fingerprint density at radius 3 is 2.61 bits per heavy atom. The van der Waals surface area contributed by atoms with Crippen molar-refractivity contribution in [3.05, 3.63) is 0 Å². The van der Waals surface area contributed by atoms with Gasteiger partial charge in [-0.2, -0.15) is 0 Å². The van der Waals surface area contributed by atoms with Gasteiger partial charge in [0.25, 0.3) is 0 Å². The fourth-order valence-electron chi connectivity index (χ4n) is 1.71. The smallest absolute Gasteiger partial charge is 0.323 e. The Balaban J connectivity index is 2.22. The zero-order valence-corrected chi connectivity index (χ0v) is 11.4.